The molecular weight excluding hydrogens is 260 g/mol. The van der Waals surface area contributed by atoms with Crippen LogP contribution in [0.15, 0.2) is 11.0 Å². The first-order valence-corrected chi connectivity index (χ1v) is 5.76. The Balaban J connectivity index is 2.29. The van der Waals surface area contributed by atoms with Gasteiger partial charge in [-0.3, -0.25) is 14.8 Å². The molecule has 0 unspecified atom stereocenters. The van der Waals surface area contributed by atoms with Gasteiger partial charge in [0.05, 0.1) is 11.9 Å². The van der Waals surface area contributed by atoms with Crippen molar-refractivity contribution < 1.29 is 10.0 Å². The fourth-order valence-corrected chi connectivity index (χ4v) is 2.03. The predicted molar refractivity (Wildman–Crippen MR) is 64.6 cm³/mol. The third-order valence-corrected chi connectivity index (χ3v) is 3.03. The number of anilines is 1. The van der Waals surface area contributed by atoms with E-state index < -0.39 is 11.5 Å². The molecule has 1 aliphatic heterocycles. The van der Waals surface area contributed by atoms with Crippen molar-refractivity contribution in [1.29, 1.82) is 0 Å². The van der Waals surface area contributed by atoms with E-state index in [-0.39, 0.29) is 11.6 Å². The molecule has 0 bridgehead atoms. The van der Waals surface area contributed by atoms with Crippen molar-refractivity contribution in [2.45, 2.75) is 13.0 Å². The van der Waals surface area contributed by atoms with Crippen LogP contribution in [-0.2, 0) is 11.3 Å². The molecule has 1 radical (unpaired) electrons. The molecule has 18 heavy (non-hydrogen) atoms. The molecule has 8 heteroatoms. The van der Waals surface area contributed by atoms with Gasteiger partial charge >= 0.3 is 0 Å². The van der Waals surface area contributed by atoms with E-state index in [1.165, 1.54) is 11.7 Å². The Morgan fingerprint density at radius 1 is 1.61 bits per heavy atom. The van der Waals surface area contributed by atoms with Crippen LogP contribution in [0.1, 0.15) is 6.42 Å². The van der Waals surface area contributed by atoms with Gasteiger partial charge in [0.15, 0.2) is 0 Å². The molecular formula is C10H12ClN4O3. The average Bonchev–Trinajstić information content (AvgIpc) is 2.88. The molecule has 2 N–H and O–H groups in total. The smallest absolute Gasteiger partial charge is 0.288 e. The van der Waals surface area contributed by atoms with Crippen LogP contribution in [0.25, 0.3) is 0 Å². The summed E-state index contributed by atoms with van der Waals surface area (Å²) in [6.07, 6.45) is 4.47. The number of hydrogen-bond donors (Lipinski definition) is 2. The van der Waals surface area contributed by atoms with Crippen molar-refractivity contribution in [2.75, 3.05) is 18.0 Å². The van der Waals surface area contributed by atoms with Crippen molar-refractivity contribution in [1.82, 2.24) is 15.3 Å². The Kier molecular flexibility index (Phi) is 3.83. The zero-order chi connectivity index (χ0) is 13.1. The van der Waals surface area contributed by atoms with Crippen LogP contribution in [0.3, 0.4) is 0 Å². The van der Waals surface area contributed by atoms with Gasteiger partial charge in [-0.1, -0.05) is 11.6 Å². The minimum atomic E-state index is -0.733. The number of nitrogens with zero attached hydrogens (tertiary/aromatic N) is 3. The summed E-state index contributed by atoms with van der Waals surface area (Å²) in [5, 5.41) is 12.3. The molecule has 1 fully saturated rings. The molecule has 0 saturated carbocycles. The number of rotatable bonds is 3. The lowest BCUT2D eigenvalue weighted by atomic mass is 10.4. The molecule has 1 aromatic rings. The van der Waals surface area contributed by atoms with Gasteiger partial charge in [-0.25, -0.2) is 10.2 Å². The largest absolute Gasteiger partial charge is 0.369 e. The van der Waals surface area contributed by atoms with Crippen molar-refractivity contribution in [3.05, 3.63) is 28.0 Å². The lowest BCUT2D eigenvalue weighted by Crippen LogP contribution is -2.33. The summed E-state index contributed by atoms with van der Waals surface area (Å²) in [6.45, 7) is 1.14. The first kappa shape index (κ1) is 12.8. The fraction of sp³-hybridized carbons (Fsp3) is 0.400. The van der Waals surface area contributed by atoms with E-state index in [1.54, 1.807) is 0 Å². The predicted octanol–water partition coefficient (Wildman–Crippen LogP) is -0.184. The van der Waals surface area contributed by atoms with E-state index >= 15 is 0 Å². The number of hydroxylamine groups is 1. The van der Waals surface area contributed by atoms with E-state index in [0.717, 1.165) is 24.2 Å². The topological polar surface area (TPSA) is 87.5 Å². The fourth-order valence-electron chi connectivity index (χ4n) is 1.77. The molecule has 1 saturated heterocycles. The van der Waals surface area contributed by atoms with E-state index in [2.05, 4.69) is 11.5 Å². The Labute approximate surface area is 108 Å². The van der Waals surface area contributed by atoms with Crippen LogP contribution < -0.4 is 15.9 Å². The quantitative estimate of drug-likeness (QED) is 0.588. The second-order valence-corrected chi connectivity index (χ2v) is 4.24. The molecule has 1 aromatic heterocycles. The summed E-state index contributed by atoms with van der Waals surface area (Å²) in [5.74, 6) is -0.733. The maximum Gasteiger partial charge on any atom is 0.288 e. The van der Waals surface area contributed by atoms with Crippen molar-refractivity contribution in [2.24, 2.45) is 0 Å². The first-order valence-electron chi connectivity index (χ1n) is 5.38. The van der Waals surface area contributed by atoms with Gasteiger partial charge in [0.2, 0.25) is 0 Å². The second kappa shape index (κ2) is 5.36. The Bertz CT molecular complexity index is 510. The molecule has 0 aromatic carbocycles. The number of halogens is 1. The zero-order valence-electron chi connectivity index (χ0n) is 9.47. The standard InChI is InChI=1S/C10H12ClN4O3/c11-9-7(14-3-1-2-4-14)5-12-15(10(9)17)6-8(16)13-18/h1,5,18H,2-4,6H2,(H,13,16). The Morgan fingerprint density at radius 3 is 3.00 bits per heavy atom. The van der Waals surface area contributed by atoms with Gasteiger partial charge in [-0.15, -0.1) is 0 Å². The number of carbonyl (C=O) groups is 1. The molecule has 0 spiro atoms. The minimum absolute atomic E-state index is 0.0334. The van der Waals surface area contributed by atoms with Gasteiger partial charge in [0.25, 0.3) is 11.5 Å². The minimum Gasteiger partial charge on any atom is -0.369 e. The van der Waals surface area contributed by atoms with Gasteiger partial charge in [0.1, 0.15) is 11.6 Å². The first-order chi connectivity index (χ1) is 8.63. The number of carbonyl (C=O) groups excluding carboxylic acids is 1. The SMILES string of the molecule is O=C(Cn1ncc(N2C[CH]CC2)c(Cl)c1=O)NO. The second-order valence-electron chi connectivity index (χ2n) is 3.86. The highest BCUT2D eigenvalue weighted by atomic mass is 35.5. The normalized spacial score (nSPS) is 14.9. The van der Waals surface area contributed by atoms with Gasteiger partial charge < -0.3 is 4.90 Å². The maximum absolute atomic E-state index is 11.9. The summed E-state index contributed by atoms with van der Waals surface area (Å²) in [6, 6.07) is 0. The van der Waals surface area contributed by atoms with Crippen molar-refractivity contribution in [3.63, 3.8) is 0 Å². The highest BCUT2D eigenvalue weighted by molar-refractivity contribution is 6.33. The average molecular weight is 272 g/mol. The number of nitrogens with one attached hydrogen (secondary N) is 1. The lowest BCUT2D eigenvalue weighted by Gasteiger charge is -2.18. The van der Waals surface area contributed by atoms with Gasteiger partial charge in [-0.2, -0.15) is 5.10 Å². The molecule has 0 aliphatic carbocycles. The van der Waals surface area contributed by atoms with Crippen molar-refractivity contribution >= 4 is 23.2 Å². The third-order valence-electron chi connectivity index (χ3n) is 2.68. The van der Waals surface area contributed by atoms with E-state index in [4.69, 9.17) is 16.8 Å². The molecule has 0 atom stereocenters. The van der Waals surface area contributed by atoms with E-state index in [9.17, 15) is 9.59 Å². The summed E-state index contributed by atoms with van der Waals surface area (Å²) in [7, 11) is 0. The summed E-state index contributed by atoms with van der Waals surface area (Å²) in [4.78, 5) is 24.8. The molecule has 7 nitrogen and oxygen atoms in total. The van der Waals surface area contributed by atoms with Gasteiger partial charge in [-0.05, 0) is 12.8 Å². The highest BCUT2D eigenvalue weighted by Gasteiger charge is 2.19. The maximum atomic E-state index is 11.9. The Morgan fingerprint density at radius 2 is 2.39 bits per heavy atom. The van der Waals surface area contributed by atoms with Gasteiger partial charge in [0, 0.05) is 13.1 Å². The van der Waals surface area contributed by atoms with Crippen LogP contribution in [-0.4, -0.2) is 34.0 Å². The lowest BCUT2D eigenvalue weighted by molar-refractivity contribution is -0.130. The van der Waals surface area contributed by atoms with Crippen LogP contribution >= 0.6 is 11.6 Å². The third kappa shape index (κ3) is 2.46. The van der Waals surface area contributed by atoms with Crippen LogP contribution in [0.2, 0.25) is 5.02 Å². The van der Waals surface area contributed by atoms with Crippen LogP contribution in [0, 0.1) is 6.42 Å². The molecule has 1 amide bonds. The summed E-state index contributed by atoms with van der Waals surface area (Å²) >= 11 is 5.98. The molecule has 1 aliphatic rings. The highest BCUT2D eigenvalue weighted by Crippen LogP contribution is 2.24. The molecule has 97 valence electrons. The number of amides is 1. The number of aromatic nitrogens is 2. The monoisotopic (exact) mass is 271 g/mol. The van der Waals surface area contributed by atoms with E-state index in [1.807, 2.05) is 4.90 Å². The van der Waals surface area contributed by atoms with E-state index in [0.29, 0.717) is 5.69 Å². The van der Waals surface area contributed by atoms with Crippen LogP contribution in [0.4, 0.5) is 5.69 Å². The van der Waals surface area contributed by atoms with Crippen molar-refractivity contribution in [3.8, 4) is 0 Å². The Hall–Kier alpha value is -1.60. The summed E-state index contributed by atoms with van der Waals surface area (Å²) < 4.78 is 0.900. The zero-order valence-corrected chi connectivity index (χ0v) is 10.2. The number of hydrogen-bond acceptors (Lipinski definition) is 5. The molecule has 2 heterocycles. The summed E-state index contributed by atoms with van der Waals surface area (Å²) in [5.41, 5.74) is 1.45. The molecule has 2 rings (SSSR count). The van der Waals surface area contributed by atoms with Crippen LogP contribution in [0.5, 0.6) is 0 Å².